The molecule has 2 aromatic carbocycles. The Balaban J connectivity index is 2.14. The second-order valence-electron chi connectivity index (χ2n) is 6.43. The number of nitrogens with one attached hydrogen (secondary N) is 1. The van der Waals surface area contributed by atoms with E-state index in [1.54, 1.807) is 19.1 Å². The number of nitrogens with zero attached hydrogens (tertiary/aromatic N) is 1. The fourth-order valence-corrected chi connectivity index (χ4v) is 5.09. The van der Waals surface area contributed by atoms with Crippen molar-refractivity contribution in [3.63, 3.8) is 0 Å². The molecule has 1 N–H and O–H groups in total. The molecular formula is C19H22N2O3S. The maximum Gasteiger partial charge on any atom is 0.244 e. The average molecular weight is 358 g/mol. The van der Waals surface area contributed by atoms with Crippen LogP contribution in [0.1, 0.15) is 28.3 Å². The molecule has 2 aromatic rings. The summed E-state index contributed by atoms with van der Waals surface area (Å²) in [7, 11) is -3.79. The van der Waals surface area contributed by atoms with Crippen LogP contribution in [0.3, 0.4) is 0 Å². The first-order valence-corrected chi connectivity index (χ1v) is 9.68. The van der Waals surface area contributed by atoms with Crippen molar-refractivity contribution in [3.8, 4) is 0 Å². The fourth-order valence-electron chi connectivity index (χ4n) is 3.21. The summed E-state index contributed by atoms with van der Waals surface area (Å²) < 4.78 is 28.0. The molecule has 3 rings (SSSR count). The van der Waals surface area contributed by atoms with Crippen molar-refractivity contribution in [3.05, 3.63) is 64.7 Å². The number of carbonyl (C=O) groups excluding carboxylic acids is 1. The van der Waals surface area contributed by atoms with Gasteiger partial charge in [0, 0.05) is 13.1 Å². The SMILES string of the molecule is Cc1ccc(C)c(S(=O)(=O)N2CCNC(=O)C2c2ccccc2C)c1. The molecule has 1 heterocycles. The first-order valence-electron chi connectivity index (χ1n) is 8.24. The highest BCUT2D eigenvalue weighted by atomic mass is 32.2. The summed E-state index contributed by atoms with van der Waals surface area (Å²) in [4.78, 5) is 12.8. The largest absolute Gasteiger partial charge is 0.353 e. The van der Waals surface area contributed by atoms with Crippen LogP contribution in [0.5, 0.6) is 0 Å². The van der Waals surface area contributed by atoms with Gasteiger partial charge < -0.3 is 5.32 Å². The zero-order chi connectivity index (χ0) is 18.2. The number of rotatable bonds is 3. The number of hydrogen-bond acceptors (Lipinski definition) is 3. The first kappa shape index (κ1) is 17.6. The minimum absolute atomic E-state index is 0.250. The van der Waals surface area contributed by atoms with Crippen molar-refractivity contribution in [2.45, 2.75) is 31.7 Å². The zero-order valence-corrected chi connectivity index (χ0v) is 15.4. The number of amides is 1. The van der Waals surface area contributed by atoms with E-state index in [-0.39, 0.29) is 17.3 Å². The Morgan fingerprint density at radius 2 is 1.76 bits per heavy atom. The summed E-state index contributed by atoms with van der Waals surface area (Å²) in [6, 6.07) is 11.9. The Labute approximate surface area is 148 Å². The molecule has 1 aliphatic rings. The lowest BCUT2D eigenvalue weighted by atomic mass is 9.99. The van der Waals surface area contributed by atoms with Gasteiger partial charge in [0.25, 0.3) is 0 Å². The van der Waals surface area contributed by atoms with Crippen LogP contribution < -0.4 is 5.32 Å². The van der Waals surface area contributed by atoms with E-state index in [1.807, 2.05) is 44.2 Å². The highest BCUT2D eigenvalue weighted by Gasteiger charge is 2.40. The predicted octanol–water partition coefficient (Wildman–Crippen LogP) is 2.47. The molecule has 1 amide bonds. The van der Waals surface area contributed by atoms with Gasteiger partial charge in [-0.15, -0.1) is 0 Å². The van der Waals surface area contributed by atoms with Crippen LogP contribution in [0.2, 0.25) is 0 Å². The Bertz CT molecular complexity index is 922. The van der Waals surface area contributed by atoms with Gasteiger partial charge in [0.1, 0.15) is 6.04 Å². The molecule has 0 radical (unpaired) electrons. The van der Waals surface area contributed by atoms with E-state index in [0.717, 1.165) is 11.1 Å². The summed E-state index contributed by atoms with van der Waals surface area (Å²) in [5.74, 6) is -0.283. The maximum atomic E-state index is 13.3. The van der Waals surface area contributed by atoms with Crippen molar-refractivity contribution in [1.29, 1.82) is 0 Å². The van der Waals surface area contributed by atoms with Gasteiger partial charge in [0.15, 0.2) is 0 Å². The third-order valence-corrected chi connectivity index (χ3v) is 6.59. The molecule has 1 aliphatic heterocycles. The molecule has 5 nitrogen and oxygen atoms in total. The van der Waals surface area contributed by atoms with Gasteiger partial charge in [-0.25, -0.2) is 8.42 Å². The highest BCUT2D eigenvalue weighted by Crippen LogP contribution is 2.32. The van der Waals surface area contributed by atoms with Crippen LogP contribution in [-0.4, -0.2) is 31.7 Å². The summed E-state index contributed by atoms with van der Waals surface area (Å²) in [5.41, 5.74) is 3.16. The van der Waals surface area contributed by atoms with E-state index < -0.39 is 16.1 Å². The molecule has 0 aromatic heterocycles. The van der Waals surface area contributed by atoms with Gasteiger partial charge in [-0.2, -0.15) is 4.31 Å². The molecule has 0 spiro atoms. The van der Waals surface area contributed by atoms with E-state index in [9.17, 15) is 13.2 Å². The number of piperazine rings is 1. The van der Waals surface area contributed by atoms with Gasteiger partial charge in [0.2, 0.25) is 15.9 Å². The molecule has 132 valence electrons. The summed E-state index contributed by atoms with van der Waals surface area (Å²) in [5, 5.41) is 2.79. The summed E-state index contributed by atoms with van der Waals surface area (Å²) in [6.45, 7) is 6.09. The van der Waals surface area contributed by atoms with Crippen LogP contribution in [0.4, 0.5) is 0 Å². The highest BCUT2D eigenvalue weighted by molar-refractivity contribution is 7.89. The lowest BCUT2D eigenvalue weighted by Crippen LogP contribution is -2.52. The van der Waals surface area contributed by atoms with E-state index in [0.29, 0.717) is 17.7 Å². The second-order valence-corrected chi connectivity index (χ2v) is 8.29. The van der Waals surface area contributed by atoms with Crippen LogP contribution in [0.25, 0.3) is 0 Å². The summed E-state index contributed by atoms with van der Waals surface area (Å²) >= 11 is 0. The molecular weight excluding hydrogens is 336 g/mol. The standard InChI is InChI=1S/C19H22N2O3S/c1-13-8-9-15(3)17(12-13)25(23,24)21-11-10-20-19(22)18(21)16-7-5-4-6-14(16)2/h4-9,12,18H,10-11H2,1-3H3,(H,20,22). The minimum atomic E-state index is -3.79. The second kappa shape index (κ2) is 6.61. The lowest BCUT2D eigenvalue weighted by molar-refractivity contribution is -0.126. The fraction of sp³-hybridized carbons (Fsp3) is 0.316. The van der Waals surface area contributed by atoms with E-state index in [4.69, 9.17) is 0 Å². The van der Waals surface area contributed by atoms with Gasteiger partial charge in [-0.1, -0.05) is 36.4 Å². The van der Waals surface area contributed by atoms with Gasteiger partial charge in [-0.05, 0) is 49.1 Å². The number of hydrogen-bond donors (Lipinski definition) is 1. The van der Waals surface area contributed by atoms with Crippen LogP contribution in [-0.2, 0) is 14.8 Å². The predicted molar refractivity (Wildman–Crippen MR) is 96.7 cm³/mol. The van der Waals surface area contributed by atoms with Crippen LogP contribution >= 0.6 is 0 Å². The Morgan fingerprint density at radius 1 is 1.04 bits per heavy atom. The first-order chi connectivity index (χ1) is 11.8. The van der Waals surface area contributed by atoms with Crippen molar-refractivity contribution >= 4 is 15.9 Å². The van der Waals surface area contributed by atoms with Crippen LogP contribution in [0, 0.1) is 20.8 Å². The van der Waals surface area contributed by atoms with E-state index >= 15 is 0 Å². The normalized spacial score (nSPS) is 18.8. The Morgan fingerprint density at radius 3 is 2.48 bits per heavy atom. The third kappa shape index (κ3) is 3.19. The van der Waals surface area contributed by atoms with E-state index in [2.05, 4.69) is 5.32 Å². The Hall–Kier alpha value is -2.18. The van der Waals surface area contributed by atoms with Crippen LogP contribution in [0.15, 0.2) is 47.4 Å². The topological polar surface area (TPSA) is 66.5 Å². The van der Waals surface area contributed by atoms with Crippen molar-refractivity contribution < 1.29 is 13.2 Å². The van der Waals surface area contributed by atoms with E-state index in [1.165, 1.54) is 4.31 Å². The monoisotopic (exact) mass is 358 g/mol. The molecule has 0 bridgehead atoms. The smallest absolute Gasteiger partial charge is 0.244 e. The molecule has 6 heteroatoms. The quantitative estimate of drug-likeness (QED) is 0.917. The molecule has 1 saturated heterocycles. The maximum absolute atomic E-state index is 13.3. The number of sulfonamides is 1. The Kier molecular flexibility index (Phi) is 4.67. The number of carbonyl (C=O) groups is 1. The van der Waals surface area contributed by atoms with Crippen molar-refractivity contribution in [2.24, 2.45) is 0 Å². The lowest BCUT2D eigenvalue weighted by Gasteiger charge is -2.35. The molecule has 0 saturated carbocycles. The van der Waals surface area contributed by atoms with Gasteiger partial charge in [0.05, 0.1) is 4.90 Å². The summed E-state index contributed by atoms with van der Waals surface area (Å²) in [6.07, 6.45) is 0. The molecule has 1 unspecified atom stereocenters. The number of aryl methyl sites for hydroxylation is 3. The number of benzene rings is 2. The molecule has 0 aliphatic carbocycles. The van der Waals surface area contributed by atoms with Crippen molar-refractivity contribution in [1.82, 2.24) is 9.62 Å². The van der Waals surface area contributed by atoms with Gasteiger partial charge in [-0.3, -0.25) is 4.79 Å². The molecule has 1 atom stereocenters. The average Bonchev–Trinajstić information content (AvgIpc) is 2.57. The third-order valence-electron chi connectivity index (χ3n) is 4.58. The van der Waals surface area contributed by atoms with Crippen molar-refractivity contribution in [2.75, 3.05) is 13.1 Å². The minimum Gasteiger partial charge on any atom is -0.353 e. The molecule has 1 fully saturated rings. The van der Waals surface area contributed by atoms with Gasteiger partial charge >= 0.3 is 0 Å². The molecule has 25 heavy (non-hydrogen) atoms. The zero-order valence-electron chi connectivity index (χ0n) is 14.6.